The third-order valence-corrected chi connectivity index (χ3v) is 4.85. The van der Waals surface area contributed by atoms with Crippen molar-refractivity contribution in [2.24, 2.45) is 0 Å². The first kappa shape index (κ1) is 17.5. The minimum atomic E-state index is 0.0674. The minimum absolute atomic E-state index is 0.0674. The molecular weight excluding hydrogens is 312 g/mol. The number of rotatable bonds is 4. The van der Waals surface area contributed by atoms with Crippen LogP contribution in [0, 0.1) is 6.92 Å². The Bertz CT molecular complexity index is 687. The number of carbonyl (C=O) groups excluding carboxylic acids is 1. The van der Waals surface area contributed by atoms with Gasteiger partial charge in [0, 0.05) is 38.6 Å². The highest BCUT2D eigenvalue weighted by molar-refractivity contribution is 5.74. The summed E-state index contributed by atoms with van der Waals surface area (Å²) in [7, 11) is 0. The van der Waals surface area contributed by atoms with E-state index in [-0.39, 0.29) is 6.03 Å². The van der Waals surface area contributed by atoms with Crippen molar-refractivity contribution < 1.29 is 4.79 Å². The summed E-state index contributed by atoms with van der Waals surface area (Å²) in [6, 6.07) is 8.46. The van der Waals surface area contributed by atoms with Crippen molar-refractivity contribution >= 4 is 6.03 Å². The largest absolute Gasteiger partial charge is 0.334 e. The van der Waals surface area contributed by atoms with Gasteiger partial charge in [-0.1, -0.05) is 43.5 Å². The molecule has 1 fully saturated rings. The molecule has 1 N–H and O–H groups in total. The van der Waals surface area contributed by atoms with Crippen molar-refractivity contribution in [3.63, 3.8) is 0 Å². The molecule has 0 radical (unpaired) electrons. The number of urea groups is 1. The number of hydrogen-bond acceptors (Lipinski definition) is 2. The van der Waals surface area contributed by atoms with Crippen LogP contribution in [0.3, 0.4) is 0 Å². The lowest BCUT2D eigenvalue weighted by atomic mass is 10.1. The first-order chi connectivity index (χ1) is 12.2. The van der Waals surface area contributed by atoms with Gasteiger partial charge in [-0.15, -0.1) is 0 Å². The Balaban J connectivity index is 1.54. The predicted molar refractivity (Wildman–Crippen MR) is 99.4 cm³/mol. The van der Waals surface area contributed by atoms with Crippen LogP contribution in [-0.2, 0) is 13.1 Å². The maximum atomic E-state index is 12.4. The number of aromatic nitrogens is 2. The molecule has 1 aliphatic rings. The fraction of sp³-hybridized carbons (Fsp3) is 0.500. The van der Waals surface area contributed by atoms with Gasteiger partial charge < -0.3 is 14.8 Å². The number of hydrogen-bond donors (Lipinski definition) is 1. The van der Waals surface area contributed by atoms with Crippen LogP contribution in [0.5, 0.6) is 0 Å². The summed E-state index contributed by atoms with van der Waals surface area (Å²) in [6.45, 7) is 5.15. The lowest BCUT2D eigenvalue weighted by molar-refractivity contribution is 0.192. The molecule has 0 spiro atoms. The monoisotopic (exact) mass is 340 g/mol. The molecule has 0 bridgehead atoms. The van der Waals surface area contributed by atoms with Gasteiger partial charge in [-0.2, -0.15) is 0 Å². The predicted octanol–water partition coefficient (Wildman–Crippen LogP) is 3.72. The highest BCUT2D eigenvalue weighted by atomic mass is 16.2. The van der Waals surface area contributed by atoms with Gasteiger partial charge in [0.25, 0.3) is 0 Å². The lowest BCUT2D eigenvalue weighted by Gasteiger charge is -2.25. The van der Waals surface area contributed by atoms with Crippen molar-refractivity contribution in [1.82, 2.24) is 19.8 Å². The molecule has 5 nitrogen and oxygen atoms in total. The van der Waals surface area contributed by atoms with E-state index in [1.165, 1.54) is 24.8 Å². The second-order valence-corrected chi connectivity index (χ2v) is 6.84. The van der Waals surface area contributed by atoms with Gasteiger partial charge in [-0.25, -0.2) is 9.78 Å². The molecule has 0 saturated carbocycles. The maximum absolute atomic E-state index is 12.4. The Morgan fingerprint density at radius 3 is 2.56 bits per heavy atom. The molecule has 1 aromatic carbocycles. The second-order valence-electron chi connectivity index (χ2n) is 6.84. The Labute approximate surface area is 150 Å². The molecule has 0 unspecified atom stereocenters. The Morgan fingerprint density at radius 2 is 1.84 bits per heavy atom. The molecule has 2 amide bonds. The highest BCUT2D eigenvalue weighted by Gasteiger charge is 2.14. The molecule has 5 heteroatoms. The van der Waals surface area contributed by atoms with E-state index in [1.807, 2.05) is 24.2 Å². The minimum Gasteiger partial charge on any atom is -0.334 e. The molecule has 134 valence electrons. The number of imidazole rings is 1. The Morgan fingerprint density at radius 1 is 1.12 bits per heavy atom. The molecular formula is C20H28N4O. The Kier molecular flexibility index (Phi) is 6.09. The summed E-state index contributed by atoms with van der Waals surface area (Å²) in [5.74, 6) is 1.01. The van der Waals surface area contributed by atoms with Gasteiger partial charge in [-0.3, -0.25) is 0 Å². The second kappa shape index (κ2) is 8.70. The van der Waals surface area contributed by atoms with Crippen molar-refractivity contribution in [2.75, 3.05) is 13.1 Å². The molecule has 1 aromatic heterocycles. The summed E-state index contributed by atoms with van der Waals surface area (Å²) < 4.78 is 2.12. The number of nitrogens with zero attached hydrogens (tertiary/aromatic N) is 3. The van der Waals surface area contributed by atoms with Crippen LogP contribution < -0.4 is 5.32 Å². The number of benzene rings is 1. The average Bonchev–Trinajstić information content (AvgIpc) is 2.98. The lowest BCUT2D eigenvalue weighted by Crippen LogP contribution is -2.41. The van der Waals surface area contributed by atoms with Crippen LogP contribution in [-0.4, -0.2) is 33.6 Å². The van der Waals surface area contributed by atoms with E-state index < -0.39 is 0 Å². The van der Waals surface area contributed by atoms with Gasteiger partial charge in [0.1, 0.15) is 5.82 Å². The summed E-state index contributed by atoms with van der Waals surface area (Å²) >= 11 is 0. The summed E-state index contributed by atoms with van der Waals surface area (Å²) in [6.07, 6.45) is 9.83. The summed E-state index contributed by atoms with van der Waals surface area (Å²) in [5, 5.41) is 3.08. The topological polar surface area (TPSA) is 50.2 Å². The van der Waals surface area contributed by atoms with Gasteiger partial charge in [-0.05, 0) is 30.9 Å². The zero-order valence-electron chi connectivity index (χ0n) is 15.1. The summed E-state index contributed by atoms with van der Waals surface area (Å²) in [5.41, 5.74) is 2.36. The third kappa shape index (κ3) is 5.08. The van der Waals surface area contributed by atoms with Crippen LogP contribution in [0.25, 0.3) is 0 Å². The van der Waals surface area contributed by atoms with Crippen LogP contribution in [0.1, 0.15) is 49.1 Å². The van der Waals surface area contributed by atoms with Crippen LogP contribution >= 0.6 is 0 Å². The summed E-state index contributed by atoms with van der Waals surface area (Å²) in [4.78, 5) is 18.7. The fourth-order valence-corrected chi connectivity index (χ4v) is 3.35. The average molecular weight is 340 g/mol. The van der Waals surface area contributed by atoms with Crippen LogP contribution in [0.2, 0.25) is 0 Å². The van der Waals surface area contributed by atoms with E-state index in [4.69, 9.17) is 0 Å². The molecule has 0 aliphatic carbocycles. The number of aryl methyl sites for hydroxylation is 1. The molecule has 3 rings (SSSR count). The number of nitrogens with one attached hydrogen (secondary N) is 1. The number of likely N-dealkylation sites (tertiary alicyclic amines) is 1. The van der Waals surface area contributed by atoms with Crippen LogP contribution in [0.15, 0.2) is 36.7 Å². The van der Waals surface area contributed by atoms with Crippen LogP contribution in [0.4, 0.5) is 4.79 Å². The quantitative estimate of drug-likeness (QED) is 0.922. The standard InChI is InChI=1S/C20H28N4O/c1-17-21-10-13-24(17)16-19-9-7-8-18(14-19)15-22-20(25)23-11-5-3-2-4-6-12-23/h7-10,13-14H,2-6,11-12,15-16H2,1H3,(H,22,25). The van der Waals surface area contributed by atoms with Gasteiger partial charge in [0.2, 0.25) is 0 Å². The maximum Gasteiger partial charge on any atom is 0.317 e. The van der Waals surface area contributed by atoms with Gasteiger partial charge >= 0.3 is 6.03 Å². The molecule has 25 heavy (non-hydrogen) atoms. The first-order valence-corrected chi connectivity index (χ1v) is 9.31. The SMILES string of the molecule is Cc1nccn1Cc1cccc(CNC(=O)N2CCCCCCC2)c1. The normalized spacial score (nSPS) is 15.5. The molecule has 2 heterocycles. The number of amides is 2. The van der Waals surface area contributed by atoms with E-state index >= 15 is 0 Å². The van der Waals surface area contributed by atoms with E-state index in [9.17, 15) is 4.79 Å². The molecule has 0 atom stereocenters. The van der Waals surface area contributed by atoms with E-state index in [1.54, 1.807) is 0 Å². The van der Waals surface area contributed by atoms with Crippen molar-refractivity contribution in [3.8, 4) is 0 Å². The fourth-order valence-electron chi connectivity index (χ4n) is 3.35. The zero-order valence-corrected chi connectivity index (χ0v) is 15.1. The Hall–Kier alpha value is -2.30. The molecule has 1 aliphatic heterocycles. The van der Waals surface area contributed by atoms with Gasteiger partial charge in [0.15, 0.2) is 0 Å². The smallest absolute Gasteiger partial charge is 0.317 e. The van der Waals surface area contributed by atoms with Crippen molar-refractivity contribution in [1.29, 1.82) is 0 Å². The van der Waals surface area contributed by atoms with Crippen molar-refractivity contribution in [2.45, 2.75) is 52.1 Å². The highest BCUT2D eigenvalue weighted by Crippen LogP contribution is 2.12. The van der Waals surface area contributed by atoms with E-state index in [2.05, 4.69) is 39.1 Å². The van der Waals surface area contributed by atoms with E-state index in [0.717, 1.165) is 43.9 Å². The van der Waals surface area contributed by atoms with E-state index in [0.29, 0.717) is 6.54 Å². The zero-order chi connectivity index (χ0) is 17.5. The molecule has 2 aromatic rings. The van der Waals surface area contributed by atoms with Crippen molar-refractivity contribution in [3.05, 3.63) is 53.6 Å². The first-order valence-electron chi connectivity index (χ1n) is 9.31. The number of carbonyl (C=O) groups is 1. The molecule has 1 saturated heterocycles. The van der Waals surface area contributed by atoms with Gasteiger partial charge in [0.05, 0.1) is 0 Å². The third-order valence-electron chi connectivity index (χ3n) is 4.85.